The number of hydrogen-bond donors (Lipinski definition) is 2. The lowest BCUT2D eigenvalue weighted by Gasteiger charge is -2.31. The number of carbonyl (C=O) groups is 2. The maximum Gasteiger partial charge on any atom is 0.244 e. The van der Waals surface area contributed by atoms with Crippen molar-refractivity contribution in [1.29, 1.82) is 0 Å². The molecule has 238 valence electrons. The summed E-state index contributed by atoms with van der Waals surface area (Å²) in [6.45, 7) is 9.26. The summed E-state index contributed by atoms with van der Waals surface area (Å²) in [5, 5.41) is 6.78. The van der Waals surface area contributed by atoms with Gasteiger partial charge in [-0.15, -0.1) is 0 Å². The SMILES string of the molecule is CC(C)c1ccc(C=CC(=O)NC[C@@H]2CCN(CC(c3ccccc3)c3ccccc3)C(=O)[C@H](CCN3CCCCC3)N2)cc1. The minimum Gasteiger partial charge on any atom is -0.351 e. The van der Waals surface area contributed by atoms with Gasteiger partial charge in [0.25, 0.3) is 0 Å². The number of rotatable bonds is 12. The Bertz CT molecular complexity index is 1330. The lowest BCUT2D eigenvalue weighted by molar-refractivity contribution is -0.133. The number of nitrogens with zero attached hydrogens (tertiary/aromatic N) is 2. The Kier molecular flexibility index (Phi) is 12.0. The van der Waals surface area contributed by atoms with Crippen LogP contribution in [0.25, 0.3) is 6.08 Å². The van der Waals surface area contributed by atoms with E-state index < -0.39 is 0 Å². The molecular formula is C39H50N4O2. The Morgan fingerprint density at radius 1 is 0.867 bits per heavy atom. The molecule has 45 heavy (non-hydrogen) atoms. The zero-order chi connectivity index (χ0) is 31.4. The van der Waals surface area contributed by atoms with Gasteiger partial charge in [-0.2, -0.15) is 0 Å². The van der Waals surface area contributed by atoms with E-state index >= 15 is 0 Å². The molecule has 3 aromatic rings. The van der Waals surface area contributed by atoms with Crippen molar-refractivity contribution in [2.24, 2.45) is 0 Å². The van der Waals surface area contributed by atoms with Crippen LogP contribution in [0.15, 0.2) is 91.0 Å². The van der Waals surface area contributed by atoms with Crippen molar-refractivity contribution >= 4 is 17.9 Å². The first-order chi connectivity index (χ1) is 22.0. The number of nitrogens with one attached hydrogen (secondary N) is 2. The van der Waals surface area contributed by atoms with Crippen LogP contribution in [0.2, 0.25) is 0 Å². The van der Waals surface area contributed by atoms with Gasteiger partial charge < -0.3 is 20.4 Å². The van der Waals surface area contributed by atoms with Crippen LogP contribution >= 0.6 is 0 Å². The molecule has 2 N–H and O–H groups in total. The molecule has 0 aromatic heterocycles. The van der Waals surface area contributed by atoms with Crippen LogP contribution < -0.4 is 10.6 Å². The van der Waals surface area contributed by atoms with Crippen LogP contribution in [0.1, 0.15) is 80.0 Å². The molecule has 2 aliphatic rings. The summed E-state index contributed by atoms with van der Waals surface area (Å²) in [7, 11) is 0. The zero-order valence-electron chi connectivity index (χ0n) is 27.0. The van der Waals surface area contributed by atoms with Crippen molar-refractivity contribution in [2.75, 3.05) is 39.3 Å². The molecule has 0 spiro atoms. The number of benzene rings is 3. The molecule has 0 saturated carbocycles. The van der Waals surface area contributed by atoms with Crippen molar-refractivity contribution in [3.05, 3.63) is 113 Å². The Balaban J connectivity index is 1.26. The molecule has 6 nitrogen and oxygen atoms in total. The van der Waals surface area contributed by atoms with Gasteiger partial charge in [-0.3, -0.25) is 9.59 Å². The standard InChI is InChI=1S/C39H50N4O2/c1-30(2)32-19-16-31(17-20-32)18-21-38(44)40-28-35-22-27-43(39(45)37(41-35)23-26-42-24-10-5-11-25-42)29-36(33-12-6-3-7-13-33)34-14-8-4-9-15-34/h3-4,6-9,12-21,30,35-37,41H,5,10-11,22-29H2,1-2H3,(H,40,44)/t35-,37-/m0/s1. The van der Waals surface area contributed by atoms with E-state index in [0.29, 0.717) is 25.6 Å². The first kappa shape index (κ1) is 32.6. The van der Waals surface area contributed by atoms with Crippen LogP contribution in [0.5, 0.6) is 0 Å². The van der Waals surface area contributed by atoms with E-state index in [4.69, 9.17) is 0 Å². The summed E-state index contributed by atoms with van der Waals surface area (Å²) in [6.07, 6.45) is 8.79. The maximum absolute atomic E-state index is 14.2. The van der Waals surface area contributed by atoms with Crippen LogP contribution in [0.4, 0.5) is 0 Å². The summed E-state index contributed by atoms with van der Waals surface area (Å²) < 4.78 is 0. The lowest BCUT2D eigenvalue weighted by Crippen LogP contribution is -2.50. The van der Waals surface area contributed by atoms with E-state index in [1.165, 1.54) is 36.0 Å². The Morgan fingerprint density at radius 2 is 1.51 bits per heavy atom. The molecule has 2 atom stereocenters. The van der Waals surface area contributed by atoms with E-state index in [9.17, 15) is 9.59 Å². The van der Waals surface area contributed by atoms with Crippen LogP contribution in [-0.4, -0.2) is 73.0 Å². The highest BCUT2D eigenvalue weighted by Crippen LogP contribution is 2.27. The number of amides is 2. The molecule has 0 unspecified atom stereocenters. The van der Waals surface area contributed by atoms with Gasteiger partial charge in [-0.1, -0.05) is 105 Å². The summed E-state index contributed by atoms with van der Waals surface area (Å²) in [6, 6.07) is 29.1. The largest absolute Gasteiger partial charge is 0.351 e. The molecule has 2 heterocycles. The second-order valence-corrected chi connectivity index (χ2v) is 13.0. The summed E-state index contributed by atoms with van der Waals surface area (Å²) in [5.41, 5.74) is 4.72. The molecular weight excluding hydrogens is 556 g/mol. The Labute approximate surface area is 269 Å². The zero-order valence-corrected chi connectivity index (χ0v) is 27.0. The van der Waals surface area contributed by atoms with E-state index in [2.05, 4.69) is 107 Å². The summed E-state index contributed by atoms with van der Waals surface area (Å²) in [5.74, 6) is 0.625. The average molecular weight is 607 g/mol. The second kappa shape index (κ2) is 16.5. The molecule has 0 bridgehead atoms. The molecule has 0 aliphatic carbocycles. The third kappa shape index (κ3) is 9.62. The van der Waals surface area contributed by atoms with Gasteiger partial charge in [-0.05, 0) is 73.0 Å². The molecule has 2 saturated heterocycles. The fourth-order valence-corrected chi connectivity index (χ4v) is 6.57. The van der Waals surface area contributed by atoms with E-state index in [1.807, 2.05) is 18.2 Å². The number of hydrogen-bond acceptors (Lipinski definition) is 4. The minimum absolute atomic E-state index is 0.0138. The predicted octanol–water partition coefficient (Wildman–Crippen LogP) is 6.21. The number of piperidine rings is 1. The quantitative estimate of drug-likeness (QED) is 0.241. The minimum atomic E-state index is -0.279. The first-order valence-electron chi connectivity index (χ1n) is 16.9. The van der Waals surface area contributed by atoms with Gasteiger partial charge in [0.15, 0.2) is 0 Å². The first-order valence-corrected chi connectivity index (χ1v) is 16.9. The van der Waals surface area contributed by atoms with Gasteiger partial charge in [0.2, 0.25) is 11.8 Å². The van der Waals surface area contributed by atoms with Crippen LogP contribution in [0.3, 0.4) is 0 Å². The third-order valence-corrected chi connectivity index (χ3v) is 9.34. The second-order valence-electron chi connectivity index (χ2n) is 13.0. The van der Waals surface area contributed by atoms with E-state index in [-0.39, 0.29) is 29.8 Å². The highest BCUT2D eigenvalue weighted by atomic mass is 16.2. The third-order valence-electron chi connectivity index (χ3n) is 9.34. The van der Waals surface area contributed by atoms with Crippen LogP contribution in [0, 0.1) is 0 Å². The summed E-state index contributed by atoms with van der Waals surface area (Å²) in [4.78, 5) is 31.6. The molecule has 0 radical (unpaired) electrons. The summed E-state index contributed by atoms with van der Waals surface area (Å²) >= 11 is 0. The van der Waals surface area contributed by atoms with Gasteiger partial charge in [0.1, 0.15) is 0 Å². The Hall–Kier alpha value is -3.74. The molecule has 2 fully saturated rings. The van der Waals surface area contributed by atoms with Crippen LogP contribution in [-0.2, 0) is 9.59 Å². The molecule has 2 aliphatic heterocycles. The average Bonchev–Trinajstić information content (AvgIpc) is 3.23. The molecule has 3 aromatic carbocycles. The van der Waals surface area contributed by atoms with Gasteiger partial charge >= 0.3 is 0 Å². The molecule has 2 amide bonds. The van der Waals surface area contributed by atoms with E-state index in [1.54, 1.807) is 6.08 Å². The topological polar surface area (TPSA) is 64.7 Å². The lowest BCUT2D eigenvalue weighted by atomic mass is 9.90. The maximum atomic E-state index is 14.2. The predicted molar refractivity (Wildman–Crippen MR) is 184 cm³/mol. The Morgan fingerprint density at radius 3 is 2.13 bits per heavy atom. The molecule has 5 rings (SSSR count). The van der Waals surface area contributed by atoms with Crippen molar-refractivity contribution in [3.63, 3.8) is 0 Å². The molecule has 6 heteroatoms. The highest BCUT2D eigenvalue weighted by Gasteiger charge is 2.33. The van der Waals surface area contributed by atoms with Crippen molar-refractivity contribution in [3.8, 4) is 0 Å². The van der Waals surface area contributed by atoms with Gasteiger partial charge in [-0.25, -0.2) is 0 Å². The van der Waals surface area contributed by atoms with Gasteiger partial charge in [0, 0.05) is 44.2 Å². The smallest absolute Gasteiger partial charge is 0.244 e. The monoisotopic (exact) mass is 606 g/mol. The fraction of sp³-hybridized carbons (Fsp3) is 0.436. The number of likely N-dealkylation sites (tertiary alicyclic amines) is 1. The normalized spacial score (nSPS) is 19.7. The van der Waals surface area contributed by atoms with Crippen molar-refractivity contribution in [2.45, 2.75) is 69.9 Å². The number of carbonyl (C=O) groups excluding carboxylic acids is 2. The fourth-order valence-electron chi connectivity index (χ4n) is 6.57. The van der Waals surface area contributed by atoms with Gasteiger partial charge in [0.05, 0.1) is 6.04 Å². The van der Waals surface area contributed by atoms with Crippen molar-refractivity contribution in [1.82, 2.24) is 20.4 Å². The van der Waals surface area contributed by atoms with Crippen molar-refractivity contribution < 1.29 is 9.59 Å². The highest BCUT2D eigenvalue weighted by molar-refractivity contribution is 5.91. The van der Waals surface area contributed by atoms with E-state index in [0.717, 1.165) is 38.0 Å².